The number of hydrogen-bond acceptors (Lipinski definition) is 7. The lowest BCUT2D eigenvalue weighted by Gasteiger charge is -2.37. The Balaban J connectivity index is 1.79. The molecular formula is C13H25N5O3S. The average molecular weight is 331 g/mol. The van der Waals surface area contributed by atoms with Crippen LogP contribution in [0.4, 0.5) is 0 Å². The summed E-state index contributed by atoms with van der Waals surface area (Å²) in [7, 11) is -1.33. The molecule has 1 aromatic heterocycles. The Bertz CT molecular complexity index is 574. The van der Waals surface area contributed by atoms with Gasteiger partial charge in [-0.25, -0.2) is 13.6 Å². The molecule has 0 aromatic carbocycles. The number of nitrogens with two attached hydrogens (primary N) is 1. The number of nitrogens with zero attached hydrogens (tertiary/aromatic N) is 4. The molecule has 0 bridgehead atoms. The van der Waals surface area contributed by atoms with Crippen LogP contribution in [0.15, 0.2) is 4.52 Å². The molecule has 1 aliphatic heterocycles. The summed E-state index contributed by atoms with van der Waals surface area (Å²) in [4.78, 5) is 8.77. The van der Waals surface area contributed by atoms with E-state index in [1.165, 1.54) is 0 Å². The average Bonchev–Trinajstić information content (AvgIpc) is 2.83. The molecule has 1 saturated heterocycles. The molecule has 1 aromatic rings. The van der Waals surface area contributed by atoms with Crippen molar-refractivity contribution in [3.63, 3.8) is 0 Å². The van der Waals surface area contributed by atoms with Gasteiger partial charge in [0.1, 0.15) is 0 Å². The lowest BCUT2D eigenvalue weighted by Crippen LogP contribution is -2.46. The quantitative estimate of drug-likeness (QED) is 0.747. The van der Waals surface area contributed by atoms with Crippen molar-refractivity contribution in [3.05, 3.63) is 11.7 Å². The minimum Gasteiger partial charge on any atom is -0.340 e. The van der Waals surface area contributed by atoms with Crippen molar-refractivity contribution in [1.29, 1.82) is 0 Å². The molecule has 0 saturated carbocycles. The van der Waals surface area contributed by atoms with E-state index in [9.17, 15) is 8.42 Å². The van der Waals surface area contributed by atoms with E-state index in [1.54, 1.807) is 6.92 Å². The van der Waals surface area contributed by atoms with E-state index in [-0.39, 0.29) is 5.75 Å². The van der Waals surface area contributed by atoms with Crippen molar-refractivity contribution in [2.45, 2.75) is 38.8 Å². The zero-order valence-corrected chi connectivity index (χ0v) is 14.0. The Kier molecular flexibility index (Phi) is 5.90. The molecule has 1 unspecified atom stereocenters. The second-order valence-corrected chi connectivity index (χ2v) is 7.70. The van der Waals surface area contributed by atoms with Crippen LogP contribution >= 0.6 is 0 Å². The van der Waals surface area contributed by atoms with Crippen LogP contribution < -0.4 is 5.14 Å². The van der Waals surface area contributed by atoms with Crippen LogP contribution in [0.3, 0.4) is 0 Å². The molecular weight excluding hydrogens is 306 g/mol. The first-order chi connectivity index (χ1) is 10.3. The second kappa shape index (κ2) is 7.49. The number of sulfonamides is 1. The fourth-order valence-corrected chi connectivity index (χ4v) is 3.37. The number of rotatable bonds is 7. The summed E-state index contributed by atoms with van der Waals surface area (Å²) in [5.41, 5.74) is 0. The van der Waals surface area contributed by atoms with Gasteiger partial charge in [-0.3, -0.25) is 4.90 Å². The summed E-state index contributed by atoms with van der Waals surface area (Å²) < 4.78 is 26.9. The standard InChI is InChI=1S/C13H25N5O3S/c1-11-15-13(16-21-11)10-18-7-3-5-12(9-18)17(2)6-4-8-22(14,19)20/h12H,3-10H2,1-2H3,(H2,14,19,20). The highest BCUT2D eigenvalue weighted by molar-refractivity contribution is 7.89. The third-order valence-electron chi connectivity index (χ3n) is 3.98. The smallest absolute Gasteiger partial charge is 0.223 e. The van der Waals surface area contributed by atoms with E-state index < -0.39 is 10.0 Å². The number of likely N-dealkylation sites (N-methyl/N-ethyl adjacent to an activating group) is 1. The molecule has 2 heterocycles. The third kappa shape index (κ3) is 5.64. The maximum absolute atomic E-state index is 11.0. The molecule has 126 valence electrons. The van der Waals surface area contributed by atoms with E-state index in [4.69, 9.17) is 9.66 Å². The molecule has 8 nitrogen and oxygen atoms in total. The molecule has 0 amide bonds. The number of likely N-dealkylation sites (tertiary alicyclic amines) is 1. The second-order valence-electron chi connectivity index (χ2n) is 5.96. The van der Waals surface area contributed by atoms with Crippen molar-refractivity contribution >= 4 is 10.0 Å². The highest BCUT2D eigenvalue weighted by Gasteiger charge is 2.24. The van der Waals surface area contributed by atoms with E-state index in [0.29, 0.717) is 24.9 Å². The van der Waals surface area contributed by atoms with Gasteiger partial charge in [0.25, 0.3) is 0 Å². The number of hydrogen-bond donors (Lipinski definition) is 1. The molecule has 0 spiro atoms. The van der Waals surface area contributed by atoms with Crippen LogP contribution in [0.25, 0.3) is 0 Å². The van der Waals surface area contributed by atoms with Gasteiger partial charge < -0.3 is 9.42 Å². The van der Waals surface area contributed by atoms with Gasteiger partial charge in [0.15, 0.2) is 5.82 Å². The van der Waals surface area contributed by atoms with Gasteiger partial charge in [-0.05, 0) is 39.4 Å². The first-order valence-electron chi connectivity index (χ1n) is 7.56. The third-order valence-corrected chi connectivity index (χ3v) is 4.84. The maximum atomic E-state index is 11.0. The molecule has 22 heavy (non-hydrogen) atoms. The Morgan fingerprint density at radius 1 is 1.50 bits per heavy atom. The number of aryl methyl sites for hydroxylation is 1. The number of primary sulfonamides is 1. The predicted molar refractivity (Wildman–Crippen MR) is 82.6 cm³/mol. The van der Waals surface area contributed by atoms with Crippen LogP contribution in [0.2, 0.25) is 0 Å². The van der Waals surface area contributed by atoms with Gasteiger partial charge in [0.05, 0.1) is 12.3 Å². The van der Waals surface area contributed by atoms with Crippen LogP contribution in [-0.4, -0.2) is 66.8 Å². The fraction of sp³-hybridized carbons (Fsp3) is 0.846. The van der Waals surface area contributed by atoms with Crippen LogP contribution in [0, 0.1) is 6.92 Å². The summed E-state index contributed by atoms with van der Waals surface area (Å²) >= 11 is 0. The molecule has 2 rings (SSSR count). The summed E-state index contributed by atoms with van der Waals surface area (Å²) in [6.07, 6.45) is 2.80. The van der Waals surface area contributed by atoms with E-state index >= 15 is 0 Å². The topological polar surface area (TPSA) is 106 Å². The molecule has 0 radical (unpaired) electrons. The van der Waals surface area contributed by atoms with Gasteiger partial charge in [0.2, 0.25) is 15.9 Å². The highest BCUT2D eigenvalue weighted by atomic mass is 32.2. The minimum absolute atomic E-state index is 0.0376. The molecule has 1 aliphatic rings. The zero-order chi connectivity index (χ0) is 16.2. The molecule has 2 N–H and O–H groups in total. The predicted octanol–water partition coefficient (Wildman–Crippen LogP) is -0.0472. The Labute approximate surface area is 131 Å². The monoisotopic (exact) mass is 331 g/mol. The molecule has 9 heteroatoms. The normalized spacial score (nSPS) is 20.6. The summed E-state index contributed by atoms with van der Waals surface area (Å²) in [5, 5.41) is 8.97. The maximum Gasteiger partial charge on any atom is 0.223 e. The van der Waals surface area contributed by atoms with E-state index in [1.807, 2.05) is 7.05 Å². The van der Waals surface area contributed by atoms with Crippen molar-refractivity contribution in [2.75, 3.05) is 32.4 Å². The SMILES string of the molecule is Cc1nc(CN2CCCC(N(C)CCCS(N)(=O)=O)C2)no1. The van der Waals surface area contributed by atoms with Crippen molar-refractivity contribution in [2.24, 2.45) is 5.14 Å². The van der Waals surface area contributed by atoms with Crippen LogP contribution in [0.5, 0.6) is 0 Å². The first kappa shape index (κ1) is 17.3. The van der Waals surface area contributed by atoms with E-state index in [0.717, 1.165) is 38.3 Å². The van der Waals surface area contributed by atoms with Gasteiger partial charge >= 0.3 is 0 Å². The number of piperidine rings is 1. The van der Waals surface area contributed by atoms with Crippen molar-refractivity contribution in [1.82, 2.24) is 19.9 Å². The zero-order valence-electron chi connectivity index (χ0n) is 13.2. The summed E-state index contributed by atoms with van der Waals surface area (Å²) in [5.74, 6) is 1.34. The van der Waals surface area contributed by atoms with Gasteiger partial charge in [-0.1, -0.05) is 5.16 Å². The molecule has 1 fully saturated rings. The lowest BCUT2D eigenvalue weighted by atomic mass is 10.0. The van der Waals surface area contributed by atoms with Crippen LogP contribution in [-0.2, 0) is 16.6 Å². The van der Waals surface area contributed by atoms with Crippen molar-refractivity contribution in [3.8, 4) is 0 Å². The van der Waals surface area contributed by atoms with E-state index in [2.05, 4.69) is 19.9 Å². The Morgan fingerprint density at radius 2 is 2.27 bits per heavy atom. The fourth-order valence-electron chi connectivity index (χ4n) is 2.84. The van der Waals surface area contributed by atoms with Gasteiger partial charge in [-0.2, -0.15) is 4.98 Å². The molecule has 1 atom stereocenters. The minimum atomic E-state index is -3.36. The van der Waals surface area contributed by atoms with Gasteiger partial charge in [-0.15, -0.1) is 0 Å². The number of aromatic nitrogens is 2. The Hall–Kier alpha value is -1.03. The van der Waals surface area contributed by atoms with Crippen molar-refractivity contribution < 1.29 is 12.9 Å². The summed E-state index contributed by atoms with van der Waals surface area (Å²) in [6.45, 7) is 5.17. The first-order valence-corrected chi connectivity index (χ1v) is 9.27. The Morgan fingerprint density at radius 3 is 2.91 bits per heavy atom. The molecule has 0 aliphatic carbocycles. The highest BCUT2D eigenvalue weighted by Crippen LogP contribution is 2.16. The van der Waals surface area contributed by atoms with Crippen LogP contribution in [0.1, 0.15) is 31.0 Å². The lowest BCUT2D eigenvalue weighted by molar-refractivity contribution is 0.109. The largest absolute Gasteiger partial charge is 0.340 e. The van der Waals surface area contributed by atoms with Gasteiger partial charge in [0, 0.05) is 19.5 Å². The summed E-state index contributed by atoms with van der Waals surface area (Å²) in [6, 6.07) is 0.419.